The molecule has 0 spiro atoms. The maximum Gasteiger partial charge on any atom is 0.251 e. The molecule has 1 aliphatic heterocycles. The molecule has 1 aromatic carbocycles. The number of hydrogen-bond acceptors (Lipinski definition) is 3. The number of halogens is 2. The lowest BCUT2D eigenvalue weighted by atomic mass is 10.1. The van der Waals surface area contributed by atoms with Crippen LogP contribution in [0.25, 0.3) is 0 Å². The van der Waals surface area contributed by atoms with Crippen molar-refractivity contribution in [3.05, 3.63) is 35.6 Å². The standard InChI is InChI=1S/C16H22FN3O2.ClH/c17-13-5-3-12(4-6-13)16(22)19-9-1-2-15(21)20-14-7-10-18-11-8-14;/h3-6,14,18H,1-2,7-11H2,(H,19,22)(H,20,21);1H. The second-order valence-electron chi connectivity index (χ2n) is 5.46. The third-order valence-electron chi connectivity index (χ3n) is 3.68. The molecule has 0 radical (unpaired) electrons. The Hall–Kier alpha value is -1.66. The van der Waals surface area contributed by atoms with E-state index >= 15 is 0 Å². The Balaban J connectivity index is 0.00000264. The van der Waals surface area contributed by atoms with Crippen LogP contribution < -0.4 is 16.0 Å². The Labute approximate surface area is 141 Å². The van der Waals surface area contributed by atoms with E-state index in [1.54, 1.807) is 0 Å². The van der Waals surface area contributed by atoms with Crippen molar-refractivity contribution >= 4 is 24.2 Å². The van der Waals surface area contributed by atoms with Crippen LogP contribution in [0.1, 0.15) is 36.0 Å². The Bertz CT molecular complexity index is 505. The number of piperidine rings is 1. The Morgan fingerprint density at radius 2 is 1.83 bits per heavy atom. The molecule has 128 valence electrons. The highest BCUT2D eigenvalue weighted by molar-refractivity contribution is 5.94. The van der Waals surface area contributed by atoms with Gasteiger partial charge in [-0.25, -0.2) is 4.39 Å². The molecule has 1 aliphatic rings. The molecule has 0 unspecified atom stereocenters. The van der Waals surface area contributed by atoms with Gasteiger partial charge < -0.3 is 16.0 Å². The Morgan fingerprint density at radius 1 is 1.17 bits per heavy atom. The van der Waals surface area contributed by atoms with Gasteiger partial charge in [-0.05, 0) is 56.6 Å². The third kappa shape index (κ3) is 6.97. The number of hydrogen-bond donors (Lipinski definition) is 3. The van der Waals surface area contributed by atoms with Crippen LogP contribution in [-0.4, -0.2) is 37.5 Å². The fourth-order valence-electron chi connectivity index (χ4n) is 2.42. The molecule has 0 aromatic heterocycles. The van der Waals surface area contributed by atoms with E-state index in [1.807, 2.05) is 0 Å². The van der Waals surface area contributed by atoms with Gasteiger partial charge >= 0.3 is 0 Å². The van der Waals surface area contributed by atoms with E-state index in [9.17, 15) is 14.0 Å². The monoisotopic (exact) mass is 343 g/mol. The van der Waals surface area contributed by atoms with Gasteiger partial charge in [0.15, 0.2) is 0 Å². The van der Waals surface area contributed by atoms with Crippen molar-refractivity contribution in [3.63, 3.8) is 0 Å². The zero-order chi connectivity index (χ0) is 15.8. The molecule has 7 heteroatoms. The molecular weight excluding hydrogens is 321 g/mol. The molecule has 2 amide bonds. The minimum atomic E-state index is -0.369. The first kappa shape index (κ1) is 19.4. The van der Waals surface area contributed by atoms with Gasteiger partial charge in [-0.3, -0.25) is 9.59 Å². The van der Waals surface area contributed by atoms with Gasteiger partial charge in [-0.1, -0.05) is 0 Å². The van der Waals surface area contributed by atoms with Crippen LogP contribution in [0, 0.1) is 5.82 Å². The second kappa shape index (κ2) is 10.2. The molecule has 0 bridgehead atoms. The summed E-state index contributed by atoms with van der Waals surface area (Å²) in [5.74, 6) is -0.590. The molecule has 1 fully saturated rings. The van der Waals surface area contributed by atoms with Crippen molar-refractivity contribution in [2.24, 2.45) is 0 Å². The average Bonchev–Trinajstić information content (AvgIpc) is 2.53. The van der Waals surface area contributed by atoms with Gasteiger partial charge in [-0.2, -0.15) is 0 Å². The molecule has 0 saturated carbocycles. The first-order chi connectivity index (χ1) is 10.6. The van der Waals surface area contributed by atoms with Gasteiger partial charge in [0.25, 0.3) is 5.91 Å². The normalized spacial score (nSPS) is 14.7. The highest BCUT2D eigenvalue weighted by Crippen LogP contribution is 2.04. The van der Waals surface area contributed by atoms with Gasteiger partial charge in [0.2, 0.25) is 5.91 Å². The lowest BCUT2D eigenvalue weighted by Crippen LogP contribution is -2.42. The van der Waals surface area contributed by atoms with E-state index in [0.717, 1.165) is 25.9 Å². The van der Waals surface area contributed by atoms with Crippen molar-refractivity contribution in [2.45, 2.75) is 31.7 Å². The smallest absolute Gasteiger partial charge is 0.251 e. The van der Waals surface area contributed by atoms with E-state index in [1.165, 1.54) is 24.3 Å². The summed E-state index contributed by atoms with van der Waals surface area (Å²) in [5.41, 5.74) is 0.417. The number of carbonyl (C=O) groups is 2. The van der Waals surface area contributed by atoms with Crippen LogP contribution >= 0.6 is 12.4 Å². The van der Waals surface area contributed by atoms with Crippen LogP contribution in [0.4, 0.5) is 4.39 Å². The Morgan fingerprint density at radius 3 is 2.48 bits per heavy atom. The van der Waals surface area contributed by atoms with E-state index in [2.05, 4.69) is 16.0 Å². The minimum Gasteiger partial charge on any atom is -0.353 e. The van der Waals surface area contributed by atoms with Crippen molar-refractivity contribution in [1.82, 2.24) is 16.0 Å². The predicted octanol–water partition coefficient (Wildman–Crippen LogP) is 1.63. The summed E-state index contributed by atoms with van der Waals surface area (Å²) < 4.78 is 12.8. The van der Waals surface area contributed by atoms with Gasteiger partial charge in [0, 0.05) is 24.6 Å². The first-order valence-corrected chi connectivity index (χ1v) is 7.69. The van der Waals surface area contributed by atoms with Crippen molar-refractivity contribution in [2.75, 3.05) is 19.6 Å². The molecular formula is C16H23ClFN3O2. The second-order valence-corrected chi connectivity index (χ2v) is 5.46. The van der Waals surface area contributed by atoms with E-state index in [0.29, 0.717) is 24.9 Å². The summed E-state index contributed by atoms with van der Waals surface area (Å²) in [5, 5.41) is 8.99. The van der Waals surface area contributed by atoms with Crippen molar-refractivity contribution in [1.29, 1.82) is 0 Å². The molecule has 0 atom stereocenters. The molecule has 3 N–H and O–H groups in total. The maximum absolute atomic E-state index is 12.8. The van der Waals surface area contributed by atoms with Crippen LogP contribution in [-0.2, 0) is 4.79 Å². The number of nitrogens with one attached hydrogen (secondary N) is 3. The summed E-state index contributed by atoms with van der Waals surface area (Å²) in [6.45, 7) is 2.31. The summed E-state index contributed by atoms with van der Waals surface area (Å²) >= 11 is 0. The van der Waals surface area contributed by atoms with E-state index < -0.39 is 0 Å². The van der Waals surface area contributed by atoms with Crippen molar-refractivity contribution in [3.8, 4) is 0 Å². The predicted molar refractivity (Wildman–Crippen MR) is 89.2 cm³/mol. The minimum absolute atomic E-state index is 0. The average molecular weight is 344 g/mol. The molecule has 23 heavy (non-hydrogen) atoms. The van der Waals surface area contributed by atoms with Crippen LogP contribution in [0.2, 0.25) is 0 Å². The highest BCUT2D eigenvalue weighted by Gasteiger charge is 2.14. The quantitative estimate of drug-likeness (QED) is 0.687. The summed E-state index contributed by atoms with van der Waals surface area (Å²) in [4.78, 5) is 23.6. The SMILES string of the molecule is Cl.O=C(CCCNC(=O)c1ccc(F)cc1)NC1CCNCC1. The van der Waals surface area contributed by atoms with Gasteiger partial charge in [0.1, 0.15) is 5.82 Å². The lowest BCUT2D eigenvalue weighted by Gasteiger charge is -2.23. The van der Waals surface area contributed by atoms with Crippen LogP contribution in [0.5, 0.6) is 0 Å². The van der Waals surface area contributed by atoms with E-state index in [-0.39, 0.29) is 36.1 Å². The molecule has 1 aromatic rings. The van der Waals surface area contributed by atoms with Crippen LogP contribution in [0.3, 0.4) is 0 Å². The number of carbonyl (C=O) groups excluding carboxylic acids is 2. The first-order valence-electron chi connectivity index (χ1n) is 7.69. The maximum atomic E-state index is 12.8. The molecule has 5 nitrogen and oxygen atoms in total. The summed E-state index contributed by atoms with van der Waals surface area (Å²) in [6.07, 6.45) is 2.91. The summed E-state index contributed by atoms with van der Waals surface area (Å²) in [7, 11) is 0. The fraction of sp³-hybridized carbons (Fsp3) is 0.500. The molecule has 1 saturated heterocycles. The molecule has 2 rings (SSSR count). The Kier molecular flexibility index (Phi) is 8.58. The van der Waals surface area contributed by atoms with Crippen molar-refractivity contribution < 1.29 is 14.0 Å². The fourth-order valence-corrected chi connectivity index (χ4v) is 2.42. The number of benzene rings is 1. The zero-order valence-corrected chi connectivity index (χ0v) is 13.8. The number of rotatable bonds is 6. The van der Waals surface area contributed by atoms with Gasteiger partial charge in [-0.15, -0.1) is 12.4 Å². The highest BCUT2D eigenvalue weighted by atomic mass is 35.5. The lowest BCUT2D eigenvalue weighted by molar-refractivity contribution is -0.122. The third-order valence-corrected chi connectivity index (χ3v) is 3.68. The summed E-state index contributed by atoms with van der Waals surface area (Å²) in [6, 6.07) is 5.65. The van der Waals surface area contributed by atoms with Crippen LogP contribution in [0.15, 0.2) is 24.3 Å². The largest absolute Gasteiger partial charge is 0.353 e. The number of amides is 2. The molecule has 0 aliphatic carbocycles. The molecule has 1 heterocycles. The van der Waals surface area contributed by atoms with E-state index in [4.69, 9.17) is 0 Å². The topological polar surface area (TPSA) is 70.2 Å². The van der Waals surface area contributed by atoms with Gasteiger partial charge in [0.05, 0.1) is 0 Å². The zero-order valence-electron chi connectivity index (χ0n) is 12.9.